The molecule has 1 aliphatic carbocycles. The highest BCUT2D eigenvalue weighted by Crippen LogP contribution is 2.43. The van der Waals surface area contributed by atoms with Gasteiger partial charge in [-0.2, -0.15) is 5.10 Å². The Hall–Kier alpha value is -1.91. The van der Waals surface area contributed by atoms with E-state index in [1.54, 1.807) is 0 Å². The summed E-state index contributed by atoms with van der Waals surface area (Å²) in [7, 11) is 0. The summed E-state index contributed by atoms with van der Waals surface area (Å²) in [6.45, 7) is 0. The standard InChI is InChI=1S/C15H17F2N3/c16-15(17)8-6-11(7-9-15)13-12(14(18)20-19-13)10-4-2-1-3-5-10/h1-5,11H,6-9H2,(H3,18,19,20). The summed E-state index contributed by atoms with van der Waals surface area (Å²) in [5.41, 5.74) is 8.68. The van der Waals surface area contributed by atoms with E-state index in [-0.39, 0.29) is 18.8 Å². The lowest BCUT2D eigenvalue weighted by Crippen LogP contribution is -2.24. The molecule has 0 radical (unpaired) electrons. The van der Waals surface area contributed by atoms with E-state index >= 15 is 0 Å². The monoisotopic (exact) mass is 277 g/mol. The number of H-pyrrole nitrogens is 1. The fraction of sp³-hybridized carbons (Fsp3) is 0.400. The average molecular weight is 277 g/mol. The first-order valence-electron chi connectivity index (χ1n) is 6.84. The molecule has 1 heterocycles. The zero-order chi connectivity index (χ0) is 14.2. The molecule has 0 spiro atoms. The van der Waals surface area contributed by atoms with E-state index in [4.69, 9.17) is 5.73 Å². The summed E-state index contributed by atoms with van der Waals surface area (Å²) in [4.78, 5) is 0. The van der Waals surface area contributed by atoms with Crippen LogP contribution in [0.15, 0.2) is 30.3 Å². The van der Waals surface area contributed by atoms with Gasteiger partial charge in [-0.15, -0.1) is 0 Å². The van der Waals surface area contributed by atoms with Gasteiger partial charge in [0.1, 0.15) is 0 Å². The molecule has 0 saturated heterocycles. The lowest BCUT2D eigenvalue weighted by Gasteiger charge is -2.28. The van der Waals surface area contributed by atoms with Crippen LogP contribution in [-0.2, 0) is 0 Å². The Balaban J connectivity index is 1.92. The number of hydrogen-bond donors (Lipinski definition) is 2. The Morgan fingerprint density at radius 2 is 1.80 bits per heavy atom. The number of alkyl halides is 2. The molecule has 3 rings (SSSR count). The maximum atomic E-state index is 13.3. The van der Waals surface area contributed by atoms with Gasteiger partial charge in [0.25, 0.3) is 0 Å². The zero-order valence-electron chi connectivity index (χ0n) is 11.1. The van der Waals surface area contributed by atoms with Crippen LogP contribution >= 0.6 is 0 Å². The molecule has 20 heavy (non-hydrogen) atoms. The minimum Gasteiger partial charge on any atom is -0.382 e. The number of hydrogen-bond acceptors (Lipinski definition) is 2. The van der Waals surface area contributed by atoms with Crippen molar-refractivity contribution in [2.45, 2.75) is 37.5 Å². The van der Waals surface area contributed by atoms with E-state index in [1.807, 2.05) is 30.3 Å². The summed E-state index contributed by atoms with van der Waals surface area (Å²) in [6.07, 6.45) is 0.804. The molecule has 0 atom stereocenters. The van der Waals surface area contributed by atoms with Crippen molar-refractivity contribution in [2.24, 2.45) is 0 Å². The van der Waals surface area contributed by atoms with Gasteiger partial charge >= 0.3 is 0 Å². The third-order valence-corrected chi connectivity index (χ3v) is 4.01. The lowest BCUT2D eigenvalue weighted by atomic mass is 9.82. The van der Waals surface area contributed by atoms with Crippen LogP contribution in [0.25, 0.3) is 11.1 Å². The summed E-state index contributed by atoms with van der Waals surface area (Å²) in [5, 5.41) is 7.02. The maximum absolute atomic E-state index is 13.3. The van der Waals surface area contributed by atoms with E-state index in [9.17, 15) is 8.78 Å². The van der Waals surface area contributed by atoms with Crippen molar-refractivity contribution in [3.63, 3.8) is 0 Å². The van der Waals surface area contributed by atoms with Crippen molar-refractivity contribution in [1.82, 2.24) is 10.2 Å². The molecule has 0 amide bonds. The fourth-order valence-electron chi connectivity index (χ4n) is 2.90. The molecule has 2 aromatic rings. The molecule has 1 aromatic heterocycles. The second-order valence-corrected chi connectivity index (χ2v) is 5.39. The average Bonchev–Trinajstić information content (AvgIpc) is 2.82. The summed E-state index contributed by atoms with van der Waals surface area (Å²) < 4.78 is 26.5. The van der Waals surface area contributed by atoms with Crippen molar-refractivity contribution in [1.29, 1.82) is 0 Å². The molecule has 5 heteroatoms. The van der Waals surface area contributed by atoms with Gasteiger partial charge in [0.05, 0.1) is 0 Å². The molecule has 1 fully saturated rings. The number of nitrogens with two attached hydrogens (primary N) is 1. The van der Waals surface area contributed by atoms with Gasteiger partial charge in [-0.3, -0.25) is 5.10 Å². The summed E-state index contributed by atoms with van der Waals surface area (Å²) >= 11 is 0. The van der Waals surface area contributed by atoms with Crippen LogP contribution < -0.4 is 5.73 Å². The van der Waals surface area contributed by atoms with Gasteiger partial charge in [0.15, 0.2) is 5.82 Å². The number of nitrogens with one attached hydrogen (secondary N) is 1. The predicted octanol–water partition coefficient (Wildman–Crippen LogP) is 3.95. The number of nitrogen functional groups attached to an aromatic ring is 1. The van der Waals surface area contributed by atoms with E-state index < -0.39 is 5.92 Å². The van der Waals surface area contributed by atoms with Gasteiger partial charge in [-0.1, -0.05) is 30.3 Å². The Morgan fingerprint density at radius 3 is 2.45 bits per heavy atom. The van der Waals surface area contributed by atoms with Crippen LogP contribution in [-0.4, -0.2) is 16.1 Å². The van der Waals surface area contributed by atoms with Crippen LogP contribution in [0.2, 0.25) is 0 Å². The molecule has 1 aliphatic rings. The fourth-order valence-corrected chi connectivity index (χ4v) is 2.90. The first kappa shape index (κ1) is 13.1. The second-order valence-electron chi connectivity index (χ2n) is 5.39. The van der Waals surface area contributed by atoms with Crippen LogP contribution in [0.4, 0.5) is 14.6 Å². The number of rotatable bonds is 2. The van der Waals surface area contributed by atoms with Crippen LogP contribution in [0, 0.1) is 0 Å². The Morgan fingerprint density at radius 1 is 1.15 bits per heavy atom. The van der Waals surface area contributed by atoms with Crippen molar-refractivity contribution >= 4 is 5.82 Å². The molecule has 3 N–H and O–H groups in total. The normalized spacial score (nSPS) is 19.1. The number of anilines is 1. The number of benzene rings is 1. The van der Waals surface area contributed by atoms with Crippen LogP contribution in [0.5, 0.6) is 0 Å². The third kappa shape index (κ3) is 2.40. The van der Waals surface area contributed by atoms with E-state index in [0.29, 0.717) is 18.7 Å². The molecule has 106 valence electrons. The smallest absolute Gasteiger partial charge is 0.248 e. The molecule has 0 bridgehead atoms. The maximum Gasteiger partial charge on any atom is 0.248 e. The van der Waals surface area contributed by atoms with Crippen molar-refractivity contribution in [3.05, 3.63) is 36.0 Å². The molecule has 3 nitrogen and oxygen atoms in total. The predicted molar refractivity (Wildman–Crippen MR) is 74.6 cm³/mol. The van der Waals surface area contributed by atoms with Gasteiger partial charge in [-0.25, -0.2) is 8.78 Å². The number of aromatic amines is 1. The minimum atomic E-state index is -2.52. The van der Waals surface area contributed by atoms with Crippen LogP contribution in [0.1, 0.15) is 37.3 Å². The van der Waals surface area contributed by atoms with Gasteiger partial charge < -0.3 is 5.73 Å². The first-order valence-corrected chi connectivity index (χ1v) is 6.84. The Labute approximate surface area is 116 Å². The van der Waals surface area contributed by atoms with Crippen molar-refractivity contribution in [3.8, 4) is 11.1 Å². The van der Waals surface area contributed by atoms with Gasteiger partial charge in [0, 0.05) is 30.0 Å². The zero-order valence-corrected chi connectivity index (χ0v) is 11.1. The molecular weight excluding hydrogens is 260 g/mol. The SMILES string of the molecule is Nc1n[nH]c(C2CCC(F)(F)CC2)c1-c1ccccc1. The highest BCUT2D eigenvalue weighted by molar-refractivity contribution is 5.76. The Bertz CT molecular complexity index is 582. The lowest BCUT2D eigenvalue weighted by molar-refractivity contribution is -0.0384. The number of nitrogens with zero attached hydrogens (tertiary/aromatic N) is 1. The van der Waals surface area contributed by atoms with E-state index in [1.165, 1.54) is 0 Å². The quantitative estimate of drug-likeness (QED) is 0.873. The van der Waals surface area contributed by atoms with E-state index in [0.717, 1.165) is 16.8 Å². The van der Waals surface area contributed by atoms with Crippen molar-refractivity contribution in [2.75, 3.05) is 5.73 Å². The van der Waals surface area contributed by atoms with Gasteiger partial charge in [0.2, 0.25) is 5.92 Å². The van der Waals surface area contributed by atoms with E-state index in [2.05, 4.69) is 10.2 Å². The highest BCUT2D eigenvalue weighted by Gasteiger charge is 2.37. The number of aromatic nitrogens is 2. The second kappa shape index (κ2) is 4.89. The molecule has 0 aliphatic heterocycles. The first-order chi connectivity index (χ1) is 9.57. The Kier molecular flexibility index (Phi) is 3.20. The van der Waals surface area contributed by atoms with Gasteiger partial charge in [-0.05, 0) is 18.4 Å². The molecule has 1 aromatic carbocycles. The summed E-state index contributed by atoms with van der Waals surface area (Å²) in [5.74, 6) is -2.01. The summed E-state index contributed by atoms with van der Waals surface area (Å²) in [6, 6.07) is 9.71. The van der Waals surface area contributed by atoms with Crippen molar-refractivity contribution < 1.29 is 8.78 Å². The third-order valence-electron chi connectivity index (χ3n) is 4.01. The molecule has 1 saturated carbocycles. The van der Waals surface area contributed by atoms with Crippen LogP contribution in [0.3, 0.4) is 0 Å². The minimum absolute atomic E-state index is 0.0647. The molecular formula is C15H17F2N3. The number of halogens is 2. The molecule has 0 unspecified atom stereocenters. The topological polar surface area (TPSA) is 54.7 Å². The largest absolute Gasteiger partial charge is 0.382 e. The highest BCUT2D eigenvalue weighted by atomic mass is 19.3.